The van der Waals surface area contributed by atoms with E-state index in [1.54, 1.807) is 6.07 Å². The SMILES string of the molecule is CC(C)[C@@H](NC(=O)C1CC(=O)NC(c2ncccn2)N1)c1ccc(C(F)(F)F)cc1. The van der Waals surface area contributed by atoms with E-state index in [4.69, 9.17) is 0 Å². The predicted molar refractivity (Wildman–Crippen MR) is 102 cm³/mol. The first-order valence-corrected chi connectivity index (χ1v) is 9.45. The van der Waals surface area contributed by atoms with Crippen LogP contribution in [0.2, 0.25) is 0 Å². The fourth-order valence-corrected chi connectivity index (χ4v) is 3.24. The lowest BCUT2D eigenvalue weighted by Gasteiger charge is -2.32. The monoisotopic (exact) mass is 421 g/mol. The molecule has 0 radical (unpaired) electrons. The minimum atomic E-state index is -4.43. The molecule has 0 bridgehead atoms. The molecule has 2 amide bonds. The van der Waals surface area contributed by atoms with Crippen LogP contribution < -0.4 is 16.0 Å². The second kappa shape index (κ2) is 8.78. The Morgan fingerprint density at radius 2 is 1.80 bits per heavy atom. The molecule has 1 aromatic carbocycles. The van der Waals surface area contributed by atoms with E-state index < -0.39 is 35.9 Å². The summed E-state index contributed by atoms with van der Waals surface area (Å²) < 4.78 is 38.5. The van der Waals surface area contributed by atoms with Gasteiger partial charge in [0.25, 0.3) is 0 Å². The largest absolute Gasteiger partial charge is 0.416 e. The molecule has 1 saturated heterocycles. The summed E-state index contributed by atoms with van der Waals surface area (Å²) in [6.07, 6.45) is -2.17. The number of aromatic nitrogens is 2. The maximum Gasteiger partial charge on any atom is 0.416 e. The standard InChI is InChI=1S/C20H22F3N5O2/c1-11(2)16(12-4-6-13(7-5-12)20(21,22)23)28-19(30)14-10-15(29)27-18(26-14)17-24-8-3-9-25-17/h3-9,11,14,16,18,26H,10H2,1-2H3,(H,27,29)(H,28,30)/t14?,16-,18?/m1/s1. The lowest BCUT2D eigenvalue weighted by molar-refractivity contribution is -0.137. The number of nitrogens with zero attached hydrogens (tertiary/aromatic N) is 2. The van der Waals surface area contributed by atoms with Gasteiger partial charge in [-0.2, -0.15) is 13.2 Å². The molecule has 1 aromatic heterocycles. The quantitative estimate of drug-likeness (QED) is 0.690. The second-order valence-electron chi connectivity index (χ2n) is 7.38. The van der Waals surface area contributed by atoms with E-state index in [1.807, 2.05) is 13.8 Å². The van der Waals surface area contributed by atoms with Crippen molar-refractivity contribution in [3.8, 4) is 0 Å². The molecule has 1 aliphatic heterocycles. The molecule has 2 heterocycles. The molecule has 2 aromatic rings. The van der Waals surface area contributed by atoms with Crippen molar-refractivity contribution in [3.05, 3.63) is 59.7 Å². The van der Waals surface area contributed by atoms with Gasteiger partial charge in [-0.15, -0.1) is 0 Å². The van der Waals surface area contributed by atoms with Crippen molar-refractivity contribution in [2.75, 3.05) is 0 Å². The van der Waals surface area contributed by atoms with E-state index in [1.165, 1.54) is 24.5 Å². The molecule has 1 aliphatic rings. The summed E-state index contributed by atoms with van der Waals surface area (Å²) in [6, 6.07) is 4.99. The van der Waals surface area contributed by atoms with E-state index in [2.05, 4.69) is 25.9 Å². The number of hydrogen-bond acceptors (Lipinski definition) is 5. The Morgan fingerprint density at radius 3 is 2.37 bits per heavy atom. The summed E-state index contributed by atoms with van der Waals surface area (Å²) in [7, 11) is 0. The summed E-state index contributed by atoms with van der Waals surface area (Å²) in [5, 5.41) is 8.54. The summed E-state index contributed by atoms with van der Waals surface area (Å²) in [5.74, 6) is -0.519. The highest BCUT2D eigenvalue weighted by molar-refractivity contribution is 5.89. The van der Waals surface area contributed by atoms with Crippen molar-refractivity contribution in [2.24, 2.45) is 5.92 Å². The fraction of sp³-hybridized carbons (Fsp3) is 0.400. The highest BCUT2D eigenvalue weighted by Crippen LogP contribution is 2.31. The number of halogens is 3. The topological polar surface area (TPSA) is 96.0 Å². The van der Waals surface area contributed by atoms with Crippen molar-refractivity contribution in [2.45, 2.75) is 44.7 Å². The van der Waals surface area contributed by atoms with E-state index in [0.717, 1.165) is 12.1 Å². The molecule has 3 N–H and O–H groups in total. The van der Waals surface area contributed by atoms with E-state index >= 15 is 0 Å². The molecule has 1 fully saturated rings. The number of benzene rings is 1. The van der Waals surface area contributed by atoms with Crippen LogP contribution in [0.15, 0.2) is 42.7 Å². The Hall–Kier alpha value is -3.01. The van der Waals surface area contributed by atoms with Crippen LogP contribution in [-0.4, -0.2) is 27.8 Å². The molecule has 7 nitrogen and oxygen atoms in total. The number of nitrogens with one attached hydrogen (secondary N) is 3. The molecule has 0 saturated carbocycles. The highest BCUT2D eigenvalue weighted by Gasteiger charge is 2.34. The zero-order chi connectivity index (χ0) is 21.9. The van der Waals surface area contributed by atoms with Gasteiger partial charge in [-0.05, 0) is 29.7 Å². The van der Waals surface area contributed by atoms with E-state index in [-0.39, 0.29) is 18.2 Å². The summed E-state index contributed by atoms with van der Waals surface area (Å²) in [5.41, 5.74) is -0.203. The molecule has 3 atom stereocenters. The first-order valence-electron chi connectivity index (χ1n) is 9.45. The van der Waals surface area contributed by atoms with Gasteiger partial charge in [0.1, 0.15) is 6.17 Å². The zero-order valence-corrected chi connectivity index (χ0v) is 16.4. The predicted octanol–water partition coefficient (Wildman–Crippen LogP) is 2.49. The van der Waals surface area contributed by atoms with Crippen molar-refractivity contribution < 1.29 is 22.8 Å². The summed E-state index contributed by atoms with van der Waals surface area (Å²) in [4.78, 5) is 33.1. The summed E-state index contributed by atoms with van der Waals surface area (Å²) >= 11 is 0. The Labute approximate surface area is 171 Å². The normalized spacial score (nSPS) is 20.5. The third-order valence-electron chi connectivity index (χ3n) is 4.78. The van der Waals surface area contributed by atoms with Crippen molar-refractivity contribution >= 4 is 11.8 Å². The lowest BCUT2D eigenvalue weighted by Crippen LogP contribution is -2.57. The van der Waals surface area contributed by atoms with Gasteiger partial charge in [-0.25, -0.2) is 9.97 Å². The van der Waals surface area contributed by atoms with Gasteiger partial charge in [-0.1, -0.05) is 26.0 Å². The number of carbonyl (C=O) groups is 2. The van der Waals surface area contributed by atoms with E-state index in [9.17, 15) is 22.8 Å². The average molecular weight is 421 g/mol. The summed E-state index contributed by atoms with van der Waals surface area (Å²) in [6.45, 7) is 3.70. The zero-order valence-electron chi connectivity index (χ0n) is 16.4. The van der Waals surface area contributed by atoms with Gasteiger partial charge < -0.3 is 10.6 Å². The molecule has 10 heteroatoms. The first kappa shape index (κ1) is 21.7. The molecular weight excluding hydrogens is 399 g/mol. The van der Waals surface area contributed by atoms with Gasteiger partial charge in [0, 0.05) is 12.4 Å². The molecule has 0 aliphatic carbocycles. The maximum atomic E-state index is 12.9. The average Bonchev–Trinajstić information content (AvgIpc) is 2.71. The van der Waals surface area contributed by atoms with Crippen molar-refractivity contribution in [1.29, 1.82) is 0 Å². The maximum absolute atomic E-state index is 12.9. The Balaban J connectivity index is 1.74. The molecule has 30 heavy (non-hydrogen) atoms. The van der Waals surface area contributed by atoms with Crippen molar-refractivity contribution in [1.82, 2.24) is 25.9 Å². The molecular formula is C20H22F3N5O2. The fourth-order valence-electron chi connectivity index (χ4n) is 3.24. The molecule has 0 spiro atoms. The number of hydrogen-bond donors (Lipinski definition) is 3. The second-order valence-corrected chi connectivity index (χ2v) is 7.38. The Kier molecular flexibility index (Phi) is 6.35. The van der Waals surface area contributed by atoms with Crippen LogP contribution in [0, 0.1) is 5.92 Å². The highest BCUT2D eigenvalue weighted by atomic mass is 19.4. The minimum Gasteiger partial charge on any atom is -0.348 e. The third kappa shape index (κ3) is 5.12. The molecule has 3 rings (SSSR count). The van der Waals surface area contributed by atoms with E-state index in [0.29, 0.717) is 11.4 Å². The first-order chi connectivity index (χ1) is 14.1. The van der Waals surface area contributed by atoms with Crippen LogP contribution in [0.1, 0.15) is 49.4 Å². The van der Waals surface area contributed by atoms with Gasteiger partial charge in [0.2, 0.25) is 11.8 Å². The Bertz CT molecular complexity index is 888. The van der Waals surface area contributed by atoms with Crippen LogP contribution in [0.4, 0.5) is 13.2 Å². The van der Waals surface area contributed by atoms with Gasteiger partial charge in [0.05, 0.1) is 24.1 Å². The van der Waals surface area contributed by atoms with Crippen LogP contribution in [-0.2, 0) is 15.8 Å². The Morgan fingerprint density at radius 1 is 1.17 bits per heavy atom. The number of alkyl halides is 3. The lowest BCUT2D eigenvalue weighted by atomic mass is 9.94. The van der Waals surface area contributed by atoms with Crippen LogP contribution in [0.5, 0.6) is 0 Å². The molecule has 160 valence electrons. The minimum absolute atomic E-state index is 0.0764. The van der Waals surface area contributed by atoms with Crippen molar-refractivity contribution in [3.63, 3.8) is 0 Å². The van der Waals surface area contributed by atoms with Crippen LogP contribution in [0.25, 0.3) is 0 Å². The smallest absolute Gasteiger partial charge is 0.348 e. The number of rotatable bonds is 5. The third-order valence-corrected chi connectivity index (χ3v) is 4.78. The number of amides is 2. The van der Waals surface area contributed by atoms with Gasteiger partial charge in [-0.3, -0.25) is 14.9 Å². The molecule has 2 unspecified atom stereocenters. The number of carbonyl (C=O) groups excluding carboxylic acids is 2. The van der Waals surface area contributed by atoms with Gasteiger partial charge >= 0.3 is 6.18 Å². The van der Waals surface area contributed by atoms with Crippen LogP contribution >= 0.6 is 0 Å². The van der Waals surface area contributed by atoms with Crippen LogP contribution in [0.3, 0.4) is 0 Å². The van der Waals surface area contributed by atoms with Gasteiger partial charge in [0.15, 0.2) is 5.82 Å².